The summed E-state index contributed by atoms with van der Waals surface area (Å²) in [7, 11) is 0. The largest absolute Gasteiger partial charge is 0.464 e. The molecule has 1 fully saturated rings. The lowest BCUT2D eigenvalue weighted by Crippen LogP contribution is -2.57. The number of hydrogen-bond donors (Lipinski definition) is 0. The maximum Gasteiger partial charge on any atom is 0.328 e. The van der Waals surface area contributed by atoms with Crippen LogP contribution in [0.2, 0.25) is 10.0 Å². The van der Waals surface area contributed by atoms with E-state index in [0.29, 0.717) is 28.5 Å². The van der Waals surface area contributed by atoms with E-state index in [1.54, 1.807) is 48.2 Å². The first-order valence-electron chi connectivity index (χ1n) is 13.1. The van der Waals surface area contributed by atoms with Gasteiger partial charge in [0.05, 0.1) is 24.3 Å². The summed E-state index contributed by atoms with van der Waals surface area (Å²) in [6, 6.07) is 18.5. The number of carbonyl (C=O) groups is 2. The van der Waals surface area contributed by atoms with Crippen LogP contribution < -0.4 is 0 Å². The maximum absolute atomic E-state index is 14.9. The molecular formula is C31H29Cl2FN2O4. The Kier molecular flexibility index (Phi) is 9.80. The third kappa shape index (κ3) is 6.47. The van der Waals surface area contributed by atoms with Gasteiger partial charge in [0.1, 0.15) is 24.1 Å². The van der Waals surface area contributed by atoms with Crippen molar-refractivity contribution in [2.24, 2.45) is 0 Å². The van der Waals surface area contributed by atoms with E-state index in [2.05, 4.69) is 0 Å². The van der Waals surface area contributed by atoms with Crippen LogP contribution in [0.3, 0.4) is 0 Å². The second-order valence-electron chi connectivity index (χ2n) is 9.52. The summed E-state index contributed by atoms with van der Waals surface area (Å²) in [5.41, 5.74) is 1.84. The van der Waals surface area contributed by atoms with Gasteiger partial charge in [0.25, 0.3) is 5.91 Å². The molecular weight excluding hydrogens is 554 g/mol. The van der Waals surface area contributed by atoms with E-state index < -0.39 is 42.0 Å². The summed E-state index contributed by atoms with van der Waals surface area (Å²) in [6.07, 6.45) is -0.953. The standard InChI is InChI=1S/C31H29Cl2FN2O4/c1-3-5-26(31(38)39-4-2)36-28(20-8-12-23(32)13-9-20)29(21-10-14-24(33)15-11-21)40-27(30(36)37)17-22-7-6-19(18-35)16-25(22)34/h6-16,26-29H,3-5,17H2,1-2H3/t26-,27+,28-,29+/m0/s1. The maximum atomic E-state index is 14.9. The van der Waals surface area contributed by atoms with Gasteiger partial charge >= 0.3 is 5.97 Å². The van der Waals surface area contributed by atoms with Crippen LogP contribution in [-0.2, 0) is 25.5 Å². The van der Waals surface area contributed by atoms with Crippen LogP contribution >= 0.6 is 23.2 Å². The predicted molar refractivity (Wildman–Crippen MR) is 150 cm³/mol. The lowest BCUT2D eigenvalue weighted by Gasteiger charge is -2.47. The van der Waals surface area contributed by atoms with Crippen molar-refractivity contribution in [2.45, 2.75) is 57.4 Å². The van der Waals surface area contributed by atoms with Gasteiger partial charge in [-0.05, 0) is 66.4 Å². The Morgan fingerprint density at radius 3 is 2.23 bits per heavy atom. The molecule has 0 aromatic heterocycles. The zero-order valence-corrected chi connectivity index (χ0v) is 23.7. The molecule has 6 nitrogen and oxygen atoms in total. The highest BCUT2D eigenvalue weighted by Gasteiger charge is 2.48. The van der Waals surface area contributed by atoms with Crippen LogP contribution in [0.25, 0.3) is 0 Å². The molecule has 1 amide bonds. The summed E-state index contributed by atoms with van der Waals surface area (Å²) in [6.45, 7) is 3.80. The third-order valence-corrected chi connectivity index (χ3v) is 7.39. The van der Waals surface area contributed by atoms with Crippen molar-refractivity contribution in [1.29, 1.82) is 5.26 Å². The number of hydrogen-bond acceptors (Lipinski definition) is 5. The van der Waals surface area contributed by atoms with Crippen LogP contribution in [-0.4, -0.2) is 35.5 Å². The number of ether oxygens (including phenoxy) is 2. The summed E-state index contributed by atoms with van der Waals surface area (Å²) >= 11 is 12.4. The van der Waals surface area contributed by atoms with Crippen molar-refractivity contribution in [3.63, 3.8) is 0 Å². The SMILES string of the molecule is CCC[C@@H](C(=O)OCC)N1C(=O)[C@@H](Cc2ccc(C#N)cc2F)O[C@H](c2ccc(Cl)cc2)[C@@H]1c1ccc(Cl)cc1. The van der Waals surface area contributed by atoms with Gasteiger partial charge in [-0.25, -0.2) is 9.18 Å². The van der Waals surface area contributed by atoms with Crippen molar-refractivity contribution < 1.29 is 23.5 Å². The number of amides is 1. The van der Waals surface area contributed by atoms with Crippen molar-refractivity contribution in [2.75, 3.05) is 6.61 Å². The van der Waals surface area contributed by atoms with E-state index in [1.165, 1.54) is 12.1 Å². The Morgan fingerprint density at radius 2 is 1.68 bits per heavy atom. The zero-order valence-electron chi connectivity index (χ0n) is 22.1. The minimum absolute atomic E-state index is 0.0913. The van der Waals surface area contributed by atoms with E-state index in [-0.39, 0.29) is 24.2 Å². The van der Waals surface area contributed by atoms with Crippen molar-refractivity contribution in [1.82, 2.24) is 4.90 Å². The highest BCUT2D eigenvalue weighted by atomic mass is 35.5. The van der Waals surface area contributed by atoms with E-state index in [9.17, 15) is 14.0 Å². The normalized spacial score (nSPS) is 19.6. The number of esters is 1. The molecule has 1 heterocycles. The third-order valence-electron chi connectivity index (χ3n) is 6.88. The topological polar surface area (TPSA) is 79.6 Å². The van der Waals surface area contributed by atoms with Crippen molar-refractivity contribution >= 4 is 35.1 Å². The van der Waals surface area contributed by atoms with Gasteiger partial charge in [-0.3, -0.25) is 4.79 Å². The van der Waals surface area contributed by atoms with Gasteiger partial charge in [-0.1, -0.05) is 66.9 Å². The van der Waals surface area contributed by atoms with E-state index in [4.69, 9.17) is 37.9 Å². The zero-order chi connectivity index (χ0) is 28.8. The molecule has 9 heteroatoms. The average Bonchev–Trinajstić information content (AvgIpc) is 2.95. The second kappa shape index (κ2) is 13.3. The Morgan fingerprint density at radius 1 is 1.05 bits per heavy atom. The number of rotatable bonds is 9. The number of benzene rings is 3. The van der Waals surface area contributed by atoms with Crippen LogP contribution in [0, 0.1) is 17.1 Å². The fraction of sp³-hybridized carbons (Fsp3) is 0.323. The highest BCUT2D eigenvalue weighted by Crippen LogP contribution is 2.44. The number of carbonyl (C=O) groups excluding carboxylic acids is 2. The van der Waals surface area contributed by atoms with Crippen LogP contribution in [0.5, 0.6) is 0 Å². The van der Waals surface area contributed by atoms with Crippen LogP contribution in [0.1, 0.15) is 61.1 Å². The van der Waals surface area contributed by atoms with Crippen molar-refractivity contribution in [3.05, 3.63) is 105 Å². The van der Waals surface area contributed by atoms with Gasteiger partial charge in [0.15, 0.2) is 0 Å². The molecule has 0 spiro atoms. The number of halogens is 3. The molecule has 3 aromatic carbocycles. The molecule has 4 rings (SSSR count). The van der Waals surface area contributed by atoms with E-state index in [0.717, 1.165) is 11.6 Å². The fourth-order valence-electron chi connectivity index (χ4n) is 5.01. The van der Waals surface area contributed by atoms with Gasteiger partial charge in [0, 0.05) is 16.5 Å². The lowest BCUT2D eigenvalue weighted by atomic mass is 9.88. The molecule has 4 atom stereocenters. The summed E-state index contributed by atoms with van der Waals surface area (Å²) in [5.74, 6) is -1.59. The molecule has 0 saturated carbocycles. The van der Waals surface area contributed by atoms with Crippen molar-refractivity contribution in [3.8, 4) is 6.07 Å². The average molecular weight is 583 g/mol. The first-order valence-corrected chi connectivity index (χ1v) is 13.9. The Hall–Kier alpha value is -3.44. The molecule has 208 valence electrons. The van der Waals surface area contributed by atoms with Gasteiger partial charge in [-0.15, -0.1) is 0 Å². The molecule has 1 aliphatic heterocycles. The number of nitrogens with zero attached hydrogens (tertiary/aromatic N) is 2. The molecule has 0 unspecified atom stereocenters. The minimum Gasteiger partial charge on any atom is -0.464 e. The lowest BCUT2D eigenvalue weighted by molar-refractivity contribution is -0.186. The van der Waals surface area contributed by atoms with Crippen LogP contribution in [0.15, 0.2) is 66.7 Å². The number of nitriles is 1. The molecule has 0 bridgehead atoms. The van der Waals surface area contributed by atoms with Crippen LogP contribution in [0.4, 0.5) is 4.39 Å². The molecule has 1 aliphatic rings. The Balaban J connectivity index is 1.87. The Bertz CT molecular complexity index is 1390. The predicted octanol–water partition coefficient (Wildman–Crippen LogP) is 6.99. The molecule has 3 aromatic rings. The minimum atomic E-state index is -1.11. The monoisotopic (exact) mass is 582 g/mol. The van der Waals surface area contributed by atoms with E-state index in [1.807, 2.05) is 25.1 Å². The Labute approximate surface area is 243 Å². The summed E-state index contributed by atoms with van der Waals surface area (Å²) in [5, 5.41) is 10.2. The first-order chi connectivity index (χ1) is 19.3. The van der Waals surface area contributed by atoms with Gasteiger partial charge < -0.3 is 14.4 Å². The number of morpholine rings is 1. The highest BCUT2D eigenvalue weighted by molar-refractivity contribution is 6.30. The first kappa shape index (κ1) is 29.5. The summed E-state index contributed by atoms with van der Waals surface area (Å²) in [4.78, 5) is 29.1. The molecule has 1 saturated heterocycles. The smallest absolute Gasteiger partial charge is 0.328 e. The summed E-state index contributed by atoms with van der Waals surface area (Å²) < 4.78 is 26.8. The molecule has 0 aliphatic carbocycles. The van der Waals surface area contributed by atoms with Gasteiger partial charge in [0.2, 0.25) is 0 Å². The fourth-order valence-corrected chi connectivity index (χ4v) is 5.27. The van der Waals surface area contributed by atoms with E-state index >= 15 is 0 Å². The quantitative estimate of drug-likeness (QED) is 0.254. The second-order valence-corrected chi connectivity index (χ2v) is 10.4. The molecule has 0 N–H and O–H groups in total. The van der Waals surface area contributed by atoms with Gasteiger partial charge in [-0.2, -0.15) is 5.26 Å². The molecule has 40 heavy (non-hydrogen) atoms. The molecule has 0 radical (unpaired) electrons.